The van der Waals surface area contributed by atoms with Crippen LogP contribution < -0.4 is 10.4 Å². The summed E-state index contributed by atoms with van der Waals surface area (Å²) in [6, 6.07) is 6.67. The summed E-state index contributed by atoms with van der Waals surface area (Å²) in [4.78, 5) is 11.5. The van der Waals surface area contributed by atoms with E-state index in [1.54, 1.807) is 18.4 Å². The molecule has 2 heterocycles. The van der Waals surface area contributed by atoms with Gasteiger partial charge in [-0.3, -0.25) is 0 Å². The average Bonchev–Trinajstić information content (AvgIpc) is 3.01. The standard InChI is InChI=1S/C21H20O4/c1-14(2)5-4-6-15(3)9-11-24-21-16-7-8-20(22)25-19(16)13-18-17(21)10-12-23-18/h4-5,7-10,12-13H,1,6,11H2,2-3H3/b5-4+,15-9+. The molecule has 0 atom stereocenters. The molecule has 25 heavy (non-hydrogen) atoms. The van der Waals surface area contributed by atoms with Crippen molar-refractivity contribution < 1.29 is 13.6 Å². The molecule has 0 unspecified atom stereocenters. The number of allylic oxidation sites excluding steroid dienone is 4. The minimum absolute atomic E-state index is 0.399. The van der Waals surface area contributed by atoms with Crippen molar-refractivity contribution in [2.75, 3.05) is 6.61 Å². The third-order valence-corrected chi connectivity index (χ3v) is 3.81. The lowest BCUT2D eigenvalue weighted by Gasteiger charge is -2.08. The zero-order chi connectivity index (χ0) is 17.8. The van der Waals surface area contributed by atoms with Crippen LogP contribution in [0.15, 0.2) is 80.1 Å². The van der Waals surface area contributed by atoms with Gasteiger partial charge in [-0.15, -0.1) is 0 Å². The average molecular weight is 336 g/mol. The summed E-state index contributed by atoms with van der Waals surface area (Å²) in [6.45, 7) is 8.29. The van der Waals surface area contributed by atoms with Gasteiger partial charge in [0.1, 0.15) is 23.5 Å². The number of benzene rings is 1. The van der Waals surface area contributed by atoms with Crippen molar-refractivity contribution in [1.82, 2.24) is 0 Å². The van der Waals surface area contributed by atoms with Gasteiger partial charge in [-0.1, -0.05) is 29.9 Å². The molecule has 1 aromatic carbocycles. The van der Waals surface area contributed by atoms with Gasteiger partial charge in [0.25, 0.3) is 0 Å². The molecule has 0 aliphatic rings. The molecule has 0 saturated carbocycles. The molecule has 0 bridgehead atoms. The molecular weight excluding hydrogens is 316 g/mol. The van der Waals surface area contributed by atoms with Crippen molar-refractivity contribution in [3.63, 3.8) is 0 Å². The number of ether oxygens (including phenoxy) is 1. The molecule has 2 aromatic heterocycles. The highest BCUT2D eigenvalue weighted by molar-refractivity contribution is 6.01. The van der Waals surface area contributed by atoms with Crippen molar-refractivity contribution in [3.05, 3.63) is 76.9 Å². The van der Waals surface area contributed by atoms with Crippen LogP contribution in [0, 0.1) is 0 Å². The van der Waals surface area contributed by atoms with E-state index in [1.807, 2.05) is 25.1 Å². The first-order valence-electron chi connectivity index (χ1n) is 8.09. The molecule has 0 amide bonds. The molecule has 0 saturated heterocycles. The van der Waals surface area contributed by atoms with Crippen LogP contribution in [-0.2, 0) is 0 Å². The lowest BCUT2D eigenvalue weighted by molar-refractivity contribution is 0.369. The van der Waals surface area contributed by atoms with E-state index >= 15 is 0 Å². The van der Waals surface area contributed by atoms with Gasteiger partial charge in [0, 0.05) is 12.1 Å². The van der Waals surface area contributed by atoms with Gasteiger partial charge in [-0.25, -0.2) is 4.79 Å². The number of hydrogen-bond donors (Lipinski definition) is 0. The van der Waals surface area contributed by atoms with E-state index in [9.17, 15) is 4.79 Å². The minimum Gasteiger partial charge on any atom is -0.488 e. The zero-order valence-corrected chi connectivity index (χ0v) is 14.4. The third-order valence-electron chi connectivity index (χ3n) is 3.81. The Hall–Kier alpha value is -3.01. The maximum Gasteiger partial charge on any atom is 0.336 e. The van der Waals surface area contributed by atoms with Gasteiger partial charge < -0.3 is 13.6 Å². The topological polar surface area (TPSA) is 52.6 Å². The second kappa shape index (κ2) is 7.26. The number of furan rings is 1. The summed E-state index contributed by atoms with van der Waals surface area (Å²) in [7, 11) is 0. The van der Waals surface area contributed by atoms with Crippen molar-refractivity contribution >= 4 is 21.9 Å². The highest BCUT2D eigenvalue weighted by Crippen LogP contribution is 2.35. The number of hydrogen-bond acceptors (Lipinski definition) is 4. The Balaban J connectivity index is 1.86. The second-order valence-corrected chi connectivity index (χ2v) is 6.02. The summed E-state index contributed by atoms with van der Waals surface area (Å²) in [6.07, 6.45) is 8.56. The van der Waals surface area contributed by atoms with Crippen LogP contribution in [0.5, 0.6) is 5.75 Å². The third kappa shape index (κ3) is 3.91. The van der Waals surface area contributed by atoms with Crippen molar-refractivity contribution in [2.45, 2.75) is 20.3 Å². The lowest BCUT2D eigenvalue weighted by Crippen LogP contribution is -1.99. The molecule has 0 aliphatic carbocycles. The Morgan fingerprint density at radius 3 is 2.80 bits per heavy atom. The van der Waals surface area contributed by atoms with Crippen molar-refractivity contribution in [1.29, 1.82) is 0 Å². The van der Waals surface area contributed by atoms with Crippen molar-refractivity contribution in [3.8, 4) is 5.75 Å². The quantitative estimate of drug-likeness (QED) is 0.344. The highest BCUT2D eigenvalue weighted by Gasteiger charge is 2.12. The Morgan fingerprint density at radius 1 is 1.20 bits per heavy atom. The van der Waals surface area contributed by atoms with E-state index in [-0.39, 0.29) is 0 Å². The van der Waals surface area contributed by atoms with Crippen LogP contribution in [0.2, 0.25) is 0 Å². The molecule has 0 aliphatic heterocycles. The predicted molar refractivity (Wildman–Crippen MR) is 100 cm³/mol. The van der Waals surface area contributed by atoms with Gasteiger partial charge in [-0.2, -0.15) is 0 Å². The first-order chi connectivity index (χ1) is 12.0. The Labute approximate surface area is 145 Å². The molecule has 0 spiro atoms. The van der Waals surface area contributed by atoms with Crippen LogP contribution in [0.3, 0.4) is 0 Å². The smallest absolute Gasteiger partial charge is 0.336 e. The van der Waals surface area contributed by atoms with E-state index in [0.717, 1.165) is 22.8 Å². The summed E-state index contributed by atoms with van der Waals surface area (Å²) in [5.41, 5.74) is 2.91. The molecule has 3 rings (SSSR count). The van der Waals surface area contributed by atoms with Crippen LogP contribution in [0.25, 0.3) is 21.9 Å². The van der Waals surface area contributed by atoms with E-state index in [0.29, 0.717) is 23.5 Å². The highest BCUT2D eigenvalue weighted by atomic mass is 16.5. The van der Waals surface area contributed by atoms with Gasteiger partial charge in [0.05, 0.1) is 17.0 Å². The Kier molecular flexibility index (Phi) is 4.89. The van der Waals surface area contributed by atoms with E-state index in [2.05, 4.69) is 19.6 Å². The molecule has 0 N–H and O–H groups in total. The van der Waals surface area contributed by atoms with E-state index in [4.69, 9.17) is 13.6 Å². The normalized spacial score (nSPS) is 12.3. The Bertz CT molecular complexity index is 1030. The molecule has 4 heteroatoms. The van der Waals surface area contributed by atoms with Gasteiger partial charge in [-0.05, 0) is 38.5 Å². The van der Waals surface area contributed by atoms with Crippen LogP contribution in [0.1, 0.15) is 20.3 Å². The largest absolute Gasteiger partial charge is 0.488 e. The monoisotopic (exact) mass is 336 g/mol. The molecular formula is C21H20O4. The molecule has 0 radical (unpaired) electrons. The SMILES string of the molecule is C=C(C)/C=C/C/C(C)=C/COc1c2ccoc2cc2oc(=O)ccc12. The van der Waals surface area contributed by atoms with Gasteiger partial charge >= 0.3 is 5.63 Å². The fraction of sp³-hybridized carbons (Fsp3) is 0.190. The molecule has 3 aromatic rings. The first kappa shape index (κ1) is 16.8. The summed E-state index contributed by atoms with van der Waals surface area (Å²) < 4.78 is 16.7. The second-order valence-electron chi connectivity index (χ2n) is 6.02. The summed E-state index contributed by atoms with van der Waals surface area (Å²) >= 11 is 0. The molecule has 4 nitrogen and oxygen atoms in total. The minimum atomic E-state index is -0.399. The summed E-state index contributed by atoms with van der Waals surface area (Å²) in [5, 5.41) is 1.61. The van der Waals surface area contributed by atoms with Crippen LogP contribution >= 0.6 is 0 Å². The number of fused-ring (bicyclic) bond motifs is 2. The van der Waals surface area contributed by atoms with Gasteiger partial charge in [0.2, 0.25) is 0 Å². The first-order valence-corrected chi connectivity index (χ1v) is 8.09. The van der Waals surface area contributed by atoms with Crippen LogP contribution in [-0.4, -0.2) is 6.61 Å². The van der Waals surface area contributed by atoms with Crippen molar-refractivity contribution in [2.24, 2.45) is 0 Å². The molecule has 0 fully saturated rings. The summed E-state index contributed by atoms with van der Waals surface area (Å²) in [5.74, 6) is 0.659. The maximum absolute atomic E-state index is 11.5. The fourth-order valence-electron chi connectivity index (χ4n) is 2.56. The van der Waals surface area contributed by atoms with E-state index in [1.165, 1.54) is 11.6 Å². The van der Waals surface area contributed by atoms with E-state index < -0.39 is 5.63 Å². The fourth-order valence-corrected chi connectivity index (χ4v) is 2.56. The van der Waals surface area contributed by atoms with Gasteiger partial charge in [0.15, 0.2) is 0 Å². The number of rotatable bonds is 6. The predicted octanol–water partition coefficient (Wildman–Crippen LogP) is 5.39. The maximum atomic E-state index is 11.5. The molecule has 128 valence electrons. The van der Waals surface area contributed by atoms with Crippen LogP contribution in [0.4, 0.5) is 0 Å². The zero-order valence-electron chi connectivity index (χ0n) is 14.4. The Morgan fingerprint density at radius 2 is 2.00 bits per heavy atom. The lowest BCUT2D eigenvalue weighted by atomic mass is 10.1.